The fraction of sp³-hybridized carbons (Fsp3) is 0.842. The first-order valence-electron chi connectivity index (χ1n) is 8.94. The molecule has 1 aliphatic heterocycles. The van der Waals surface area contributed by atoms with Gasteiger partial charge in [0, 0.05) is 39.4 Å². The number of carbonyl (C=O) groups is 1. The number of aliphatic hydroxyl groups is 1. The monoisotopic (exact) mass is 354 g/mol. The number of hydrogen-bond acceptors (Lipinski definition) is 6. The predicted molar refractivity (Wildman–Crippen MR) is 90.7 cm³/mol. The molecule has 6 nitrogen and oxygen atoms in total. The highest BCUT2D eigenvalue weighted by Gasteiger charge is 2.75. The van der Waals surface area contributed by atoms with Crippen LogP contribution in [0.1, 0.15) is 40.5 Å². The molecule has 2 fully saturated rings. The Morgan fingerprint density at radius 3 is 2.52 bits per heavy atom. The van der Waals surface area contributed by atoms with Crippen LogP contribution in [0.5, 0.6) is 0 Å². The maximum absolute atomic E-state index is 11.8. The van der Waals surface area contributed by atoms with Gasteiger partial charge in [0.15, 0.2) is 6.29 Å². The number of esters is 1. The molecular formula is C19H30O6. The molecule has 0 amide bonds. The van der Waals surface area contributed by atoms with E-state index in [2.05, 4.69) is 13.8 Å². The summed E-state index contributed by atoms with van der Waals surface area (Å²) in [6.07, 6.45) is 1.41. The summed E-state index contributed by atoms with van der Waals surface area (Å²) in [4.78, 5) is 11.8. The third-order valence-electron chi connectivity index (χ3n) is 6.44. The molecular weight excluding hydrogens is 324 g/mol. The van der Waals surface area contributed by atoms with Crippen LogP contribution in [-0.2, 0) is 23.7 Å². The molecule has 25 heavy (non-hydrogen) atoms. The van der Waals surface area contributed by atoms with E-state index < -0.39 is 18.0 Å². The Hall–Kier alpha value is -0.950. The minimum Gasteiger partial charge on any atom is -0.459 e. The van der Waals surface area contributed by atoms with E-state index >= 15 is 0 Å². The Bertz CT molecular complexity index is 570. The van der Waals surface area contributed by atoms with Crippen LogP contribution in [0.3, 0.4) is 0 Å². The molecule has 0 aromatic heterocycles. The molecule has 0 aromatic rings. The average Bonchev–Trinajstić information content (AvgIpc) is 2.77. The van der Waals surface area contributed by atoms with E-state index in [-0.39, 0.29) is 35.4 Å². The van der Waals surface area contributed by atoms with Crippen LogP contribution in [0.2, 0.25) is 0 Å². The SMILES string of the molecule is CO[C@@H]1[C@H]2C3CC(C)(C)[C@]3(O[C@H]2O)[C@@H](OC(C)=O)C/C(C)=C\[C@@H]1OC. The van der Waals surface area contributed by atoms with Crippen LogP contribution < -0.4 is 0 Å². The third-order valence-corrected chi connectivity index (χ3v) is 6.44. The molecule has 7 atom stereocenters. The molecule has 1 saturated heterocycles. The van der Waals surface area contributed by atoms with E-state index in [4.69, 9.17) is 18.9 Å². The highest BCUT2D eigenvalue weighted by molar-refractivity contribution is 5.66. The average molecular weight is 354 g/mol. The first-order valence-corrected chi connectivity index (χ1v) is 8.94. The van der Waals surface area contributed by atoms with E-state index in [1.165, 1.54) is 6.92 Å². The lowest BCUT2D eigenvalue weighted by atomic mass is 9.47. The van der Waals surface area contributed by atoms with Crippen molar-refractivity contribution in [2.45, 2.75) is 70.7 Å². The Kier molecular flexibility index (Phi) is 4.77. The normalized spacial score (nSPS) is 47.4. The van der Waals surface area contributed by atoms with Crippen molar-refractivity contribution in [1.29, 1.82) is 0 Å². The lowest BCUT2D eigenvalue weighted by Gasteiger charge is -2.61. The van der Waals surface area contributed by atoms with Crippen LogP contribution in [-0.4, -0.2) is 55.5 Å². The van der Waals surface area contributed by atoms with Crippen LogP contribution in [0.25, 0.3) is 0 Å². The van der Waals surface area contributed by atoms with Gasteiger partial charge in [0.05, 0.1) is 6.10 Å². The molecule has 0 spiro atoms. The lowest BCUT2D eigenvalue weighted by Crippen LogP contribution is -2.68. The topological polar surface area (TPSA) is 74.2 Å². The Morgan fingerprint density at radius 1 is 1.32 bits per heavy atom. The quantitative estimate of drug-likeness (QED) is 0.618. The minimum absolute atomic E-state index is 0.0451. The van der Waals surface area contributed by atoms with Gasteiger partial charge in [-0.05, 0) is 18.8 Å². The van der Waals surface area contributed by atoms with Crippen LogP contribution in [0.4, 0.5) is 0 Å². The summed E-state index contributed by atoms with van der Waals surface area (Å²) in [5.74, 6) is -0.520. The maximum atomic E-state index is 11.8. The molecule has 6 heteroatoms. The van der Waals surface area contributed by atoms with Crippen molar-refractivity contribution in [3.63, 3.8) is 0 Å². The first kappa shape index (κ1) is 18.8. The summed E-state index contributed by atoms with van der Waals surface area (Å²) in [5.41, 5.74) is 0.137. The van der Waals surface area contributed by atoms with Crippen LogP contribution in [0, 0.1) is 17.3 Å². The fourth-order valence-electron chi connectivity index (χ4n) is 5.45. The highest BCUT2D eigenvalue weighted by atomic mass is 16.7. The molecule has 0 aromatic carbocycles. The minimum atomic E-state index is -0.973. The van der Waals surface area contributed by atoms with Gasteiger partial charge in [0.2, 0.25) is 0 Å². The van der Waals surface area contributed by atoms with E-state index in [0.29, 0.717) is 6.42 Å². The van der Waals surface area contributed by atoms with Crippen LogP contribution in [0.15, 0.2) is 11.6 Å². The zero-order valence-corrected chi connectivity index (χ0v) is 15.9. The lowest BCUT2D eigenvalue weighted by molar-refractivity contribution is -0.276. The second kappa shape index (κ2) is 6.34. The van der Waals surface area contributed by atoms with E-state index in [9.17, 15) is 9.90 Å². The number of aliphatic hydroxyl groups excluding tert-OH is 1. The number of hydrogen-bond donors (Lipinski definition) is 1. The predicted octanol–water partition coefficient (Wildman–Crippen LogP) is 2.05. The van der Waals surface area contributed by atoms with Crippen LogP contribution >= 0.6 is 0 Å². The molecule has 1 saturated carbocycles. The Labute approximate surface area is 149 Å². The van der Waals surface area contributed by atoms with E-state index in [1.807, 2.05) is 13.0 Å². The molecule has 3 rings (SSSR count). The largest absolute Gasteiger partial charge is 0.459 e. The van der Waals surface area contributed by atoms with Gasteiger partial charge in [-0.2, -0.15) is 0 Å². The molecule has 1 unspecified atom stereocenters. The summed E-state index contributed by atoms with van der Waals surface area (Å²) < 4.78 is 23.3. The second-order valence-electron chi connectivity index (χ2n) is 8.29. The number of carbonyl (C=O) groups excluding carboxylic acids is 1. The highest BCUT2D eigenvalue weighted by Crippen LogP contribution is 2.67. The van der Waals surface area contributed by atoms with Crippen molar-refractivity contribution in [3.8, 4) is 0 Å². The number of ether oxygens (including phenoxy) is 4. The molecule has 1 heterocycles. The van der Waals surface area contributed by atoms with Crippen molar-refractivity contribution in [1.82, 2.24) is 0 Å². The molecule has 2 aliphatic carbocycles. The molecule has 0 radical (unpaired) electrons. The van der Waals surface area contributed by atoms with E-state index in [1.54, 1.807) is 14.2 Å². The summed E-state index contributed by atoms with van der Waals surface area (Å²) in [6, 6.07) is 0. The first-order chi connectivity index (χ1) is 11.7. The van der Waals surface area contributed by atoms with E-state index in [0.717, 1.165) is 12.0 Å². The second-order valence-corrected chi connectivity index (χ2v) is 8.29. The number of rotatable bonds is 3. The third kappa shape index (κ3) is 2.65. The smallest absolute Gasteiger partial charge is 0.303 e. The summed E-state index contributed by atoms with van der Waals surface area (Å²) >= 11 is 0. The fourth-order valence-corrected chi connectivity index (χ4v) is 5.45. The van der Waals surface area contributed by atoms with Gasteiger partial charge in [-0.1, -0.05) is 25.5 Å². The van der Waals surface area contributed by atoms with Gasteiger partial charge in [-0.25, -0.2) is 0 Å². The molecule has 2 bridgehead atoms. The van der Waals surface area contributed by atoms with Crippen molar-refractivity contribution in [2.75, 3.05) is 14.2 Å². The van der Waals surface area contributed by atoms with Gasteiger partial charge in [-0.15, -0.1) is 0 Å². The zero-order valence-electron chi connectivity index (χ0n) is 15.9. The summed E-state index contributed by atoms with van der Waals surface area (Å²) in [6.45, 7) is 7.65. The van der Waals surface area contributed by atoms with Gasteiger partial charge < -0.3 is 24.1 Å². The van der Waals surface area contributed by atoms with Crippen molar-refractivity contribution in [2.24, 2.45) is 17.3 Å². The standard InChI is InChI=1S/C19H30O6/c1-10-7-13(22-5)16(23-6)15-12-9-18(3,4)19(12,25-17(15)21)14(8-10)24-11(2)20/h7,12-17,21H,8-9H2,1-6H3/b10-7-/t12?,13-,14-,15+,16-,17+,19+/m0/s1. The molecule has 142 valence electrons. The summed E-state index contributed by atoms with van der Waals surface area (Å²) in [5, 5.41) is 10.8. The summed E-state index contributed by atoms with van der Waals surface area (Å²) in [7, 11) is 3.28. The van der Waals surface area contributed by atoms with Gasteiger partial charge in [0.1, 0.15) is 17.8 Å². The van der Waals surface area contributed by atoms with Crippen molar-refractivity contribution >= 4 is 5.97 Å². The van der Waals surface area contributed by atoms with Crippen molar-refractivity contribution < 1.29 is 28.8 Å². The van der Waals surface area contributed by atoms with Crippen molar-refractivity contribution in [3.05, 3.63) is 11.6 Å². The molecule has 3 aliphatic rings. The Morgan fingerprint density at radius 2 is 2.00 bits per heavy atom. The van der Waals surface area contributed by atoms with Gasteiger partial charge in [-0.3, -0.25) is 4.79 Å². The van der Waals surface area contributed by atoms with Gasteiger partial charge >= 0.3 is 5.97 Å². The Balaban J connectivity index is 2.11. The zero-order chi connectivity index (χ0) is 18.6. The molecule has 1 N–H and O–H groups in total. The maximum Gasteiger partial charge on any atom is 0.303 e. The van der Waals surface area contributed by atoms with Gasteiger partial charge in [0.25, 0.3) is 0 Å². The number of methoxy groups -OCH3 is 2.